The summed E-state index contributed by atoms with van der Waals surface area (Å²) in [5.41, 5.74) is 5.99. The maximum Gasteiger partial charge on any atom is 0.220 e. The fourth-order valence-corrected chi connectivity index (χ4v) is 2.76. The molecular weight excluding hydrogens is 238 g/mol. The van der Waals surface area contributed by atoms with E-state index in [0.29, 0.717) is 11.4 Å². The highest BCUT2D eigenvalue weighted by Crippen LogP contribution is 2.43. The van der Waals surface area contributed by atoms with Crippen LogP contribution >= 0.6 is 0 Å². The fourth-order valence-electron chi connectivity index (χ4n) is 2.76. The number of phenols is 1. The molecular formula is C16H15NO2. The van der Waals surface area contributed by atoms with Crippen LogP contribution in [0, 0.1) is 0 Å². The van der Waals surface area contributed by atoms with E-state index in [9.17, 15) is 5.11 Å². The van der Waals surface area contributed by atoms with E-state index in [2.05, 4.69) is 11.1 Å². The molecule has 2 fully saturated rings. The fraction of sp³-hybridized carbons (Fsp3) is 0.312. The van der Waals surface area contributed by atoms with Gasteiger partial charge in [0.25, 0.3) is 0 Å². The molecule has 2 aromatic rings. The molecule has 2 saturated carbocycles. The van der Waals surface area contributed by atoms with Gasteiger partial charge in [-0.3, -0.25) is 0 Å². The molecule has 3 heteroatoms. The van der Waals surface area contributed by atoms with Gasteiger partial charge in [-0.05, 0) is 55.4 Å². The predicted molar refractivity (Wildman–Crippen MR) is 73.8 cm³/mol. The van der Waals surface area contributed by atoms with Crippen molar-refractivity contribution in [2.45, 2.75) is 32.1 Å². The highest BCUT2D eigenvalue weighted by atomic mass is 16.3. The number of oxazole rings is 1. The first-order valence-corrected chi connectivity index (χ1v) is 6.81. The smallest absolute Gasteiger partial charge is 0.220 e. The third-order valence-corrected chi connectivity index (χ3v) is 4.10. The molecule has 0 saturated heterocycles. The molecule has 4 rings (SSSR count). The van der Waals surface area contributed by atoms with Crippen LogP contribution in [-0.2, 0) is 0 Å². The molecule has 2 aliphatic carbocycles. The molecule has 19 heavy (non-hydrogen) atoms. The monoisotopic (exact) mass is 253 g/mol. The van der Waals surface area contributed by atoms with Crippen molar-refractivity contribution in [1.29, 1.82) is 0 Å². The molecule has 1 heterocycles. The van der Waals surface area contributed by atoms with Crippen molar-refractivity contribution in [2.24, 2.45) is 0 Å². The van der Waals surface area contributed by atoms with E-state index in [1.54, 1.807) is 23.8 Å². The average molecular weight is 253 g/mol. The molecule has 0 aliphatic heterocycles. The molecule has 0 atom stereocenters. The van der Waals surface area contributed by atoms with Crippen molar-refractivity contribution in [3.8, 4) is 5.75 Å². The number of nitrogens with zero attached hydrogens (tertiary/aromatic N) is 1. The van der Waals surface area contributed by atoms with Crippen LogP contribution in [0.2, 0.25) is 0 Å². The molecule has 1 N–H and O–H groups in total. The minimum Gasteiger partial charge on any atom is -0.508 e. The summed E-state index contributed by atoms with van der Waals surface area (Å²) in [6.45, 7) is 0. The number of hydrogen-bond donors (Lipinski definition) is 1. The molecule has 0 radical (unpaired) electrons. The number of benzene rings is 1. The molecule has 1 aromatic heterocycles. The lowest BCUT2D eigenvalue weighted by molar-refractivity contribution is 0.476. The number of phenolic OH excluding ortho intramolecular Hbond substituents is 1. The molecule has 0 amide bonds. The van der Waals surface area contributed by atoms with Gasteiger partial charge in [-0.1, -0.05) is 5.57 Å². The Morgan fingerprint density at radius 2 is 2.05 bits per heavy atom. The first-order valence-electron chi connectivity index (χ1n) is 6.81. The van der Waals surface area contributed by atoms with Crippen molar-refractivity contribution in [1.82, 2.24) is 4.98 Å². The van der Waals surface area contributed by atoms with Gasteiger partial charge in [-0.25, -0.2) is 4.98 Å². The Bertz CT molecular complexity index is 715. The van der Waals surface area contributed by atoms with Gasteiger partial charge in [0.05, 0.1) is 0 Å². The van der Waals surface area contributed by atoms with E-state index in [1.165, 1.54) is 36.8 Å². The van der Waals surface area contributed by atoms with Gasteiger partial charge in [-0.15, -0.1) is 0 Å². The summed E-state index contributed by atoms with van der Waals surface area (Å²) < 4.78 is 5.69. The minimum atomic E-state index is 0.223. The van der Waals surface area contributed by atoms with Crippen molar-refractivity contribution in [3.63, 3.8) is 0 Å². The Balaban J connectivity index is 1.71. The Morgan fingerprint density at radius 1 is 1.16 bits per heavy atom. The predicted octanol–water partition coefficient (Wildman–Crippen LogP) is 4.19. The topological polar surface area (TPSA) is 46.3 Å². The normalized spacial score (nSPS) is 20.7. The highest BCUT2D eigenvalue weighted by Gasteiger charge is 2.24. The Morgan fingerprint density at radius 3 is 2.74 bits per heavy atom. The highest BCUT2D eigenvalue weighted by molar-refractivity contribution is 5.76. The standard InChI is InChI=1S/C16H15NO2/c18-12-5-7-15-14(9-12)17-16(19-15)8-11-4-6-13(11)10-2-1-3-10/h5,7-9,18H,1-4,6H2. The summed E-state index contributed by atoms with van der Waals surface area (Å²) in [6, 6.07) is 5.01. The largest absolute Gasteiger partial charge is 0.508 e. The van der Waals surface area contributed by atoms with E-state index in [-0.39, 0.29) is 5.75 Å². The van der Waals surface area contributed by atoms with Crippen LogP contribution < -0.4 is 0 Å². The van der Waals surface area contributed by atoms with E-state index in [4.69, 9.17) is 4.42 Å². The number of hydrogen-bond acceptors (Lipinski definition) is 3. The SMILES string of the molecule is Oc1ccc2oc(C=C3CCC3=C3CCC3)nc2c1. The second kappa shape index (κ2) is 3.98. The zero-order valence-electron chi connectivity index (χ0n) is 10.6. The van der Waals surface area contributed by atoms with Gasteiger partial charge < -0.3 is 9.52 Å². The van der Waals surface area contributed by atoms with Gasteiger partial charge >= 0.3 is 0 Å². The van der Waals surface area contributed by atoms with E-state index >= 15 is 0 Å². The van der Waals surface area contributed by atoms with Crippen LogP contribution in [0.25, 0.3) is 17.2 Å². The number of allylic oxidation sites excluding steroid dienone is 3. The van der Waals surface area contributed by atoms with Crippen molar-refractivity contribution in [3.05, 3.63) is 40.8 Å². The number of aromatic nitrogens is 1. The second-order valence-electron chi connectivity index (χ2n) is 5.31. The van der Waals surface area contributed by atoms with Gasteiger partial charge in [0.15, 0.2) is 5.58 Å². The zero-order valence-corrected chi connectivity index (χ0v) is 10.6. The molecule has 0 spiro atoms. The molecule has 0 unspecified atom stereocenters. The maximum atomic E-state index is 9.43. The second-order valence-corrected chi connectivity index (χ2v) is 5.31. The van der Waals surface area contributed by atoms with Crippen LogP contribution in [0.4, 0.5) is 0 Å². The number of rotatable bonds is 1. The van der Waals surface area contributed by atoms with Crippen molar-refractivity contribution >= 4 is 17.2 Å². The first-order chi connectivity index (χ1) is 9.29. The van der Waals surface area contributed by atoms with Gasteiger partial charge in [-0.2, -0.15) is 0 Å². The van der Waals surface area contributed by atoms with E-state index in [1.807, 2.05) is 0 Å². The van der Waals surface area contributed by atoms with E-state index < -0.39 is 0 Å². The lowest BCUT2D eigenvalue weighted by Gasteiger charge is -2.30. The Labute approximate surface area is 111 Å². The van der Waals surface area contributed by atoms with Gasteiger partial charge in [0.2, 0.25) is 5.89 Å². The minimum absolute atomic E-state index is 0.223. The molecule has 2 aliphatic rings. The third kappa shape index (κ3) is 1.77. The summed E-state index contributed by atoms with van der Waals surface area (Å²) in [5.74, 6) is 0.869. The molecule has 96 valence electrons. The van der Waals surface area contributed by atoms with Gasteiger partial charge in [0.1, 0.15) is 11.3 Å². The van der Waals surface area contributed by atoms with Gasteiger partial charge in [0, 0.05) is 12.1 Å². The maximum absolute atomic E-state index is 9.43. The van der Waals surface area contributed by atoms with Crippen LogP contribution in [0.3, 0.4) is 0 Å². The van der Waals surface area contributed by atoms with Crippen LogP contribution in [0.15, 0.2) is 39.3 Å². The summed E-state index contributed by atoms with van der Waals surface area (Å²) in [6.07, 6.45) is 8.28. The van der Waals surface area contributed by atoms with Crippen molar-refractivity contribution in [2.75, 3.05) is 0 Å². The average Bonchev–Trinajstić information content (AvgIpc) is 2.71. The summed E-state index contributed by atoms with van der Waals surface area (Å²) in [5, 5.41) is 9.43. The van der Waals surface area contributed by atoms with Crippen molar-refractivity contribution < 1.29 is 9.52 Å². The summed E-state index contributed by atoms with van der Waals surface area (Å²) >= 11 is 0. The van der Waals surface area contributed by atoms with Crippen LogP contribution in [0.1, 0.15) is 38.0 Å². The van der Waals surface area contributed by atoms with Crippen LogP contribution in [0.5, 0.6) is 5.75 Å². The lowest BCUT2D eigenvalue weighted by atomic mass is 9.75. The first kappa shape index (κ1) is 10.9. The Kier molecular flexibility index (Phi) is 2.28. The molecule has 1 aromatic carbocycles. The molecule has 3 nitrogen and oxygen atoms in total. The number of aromatic hydroxyl groups is 1. The summed E-state index contributed by atoms with van der Waals surface area (Å²) in [4.78, 5) is 4.41. The zero-order chi connectivity index (χ0) is 12.8. The lowest BCUT2D eigenvalue weighted by Crippen LogP contribution is -2.11. The number of fused-ring (bicyclic) bond motifs is 1. The summed E-state index contributed by atoms with van der Waals surface area (Å²) in [7, 11) is 0. The van der Waals surface area contributed by atoms with Crippen LogP contribution in [-0.4, -0.2) is 10.1 Å². The quantitative estimate of drug-likeness (QED) is 0.828. The third-order valence-electron chi connectivity index (χ3n) is 4.10. The van der Waals surface area contributed by atoms with E-state index in [0.717, 1.165) is 12.0 Å². The Hall–Kier alpha value is -2.03. The molecule has 0 bridgehead atoms.